The molecule has 0 radical (unpaired) electrons. The first kappa shape index (κ1) is 35.9. The Morgan fingerprint density at radius 1 is 0.652 bits per heavy atom. The number of rotatable bonds is 14. The number of imidazole rings is 2. The Morgan fingerprint density at radius 3 is 1.43 bits per heavy atom. The van der Waals surface area contributed by atoms with E-state index in [9.17, 15) is 9.59 Å². The van der Waals surface area contributed by atoms with Crippen LogP contribution in [0.1, 0.15) is 50.7 Å². The van der Waals surface area contributed by atoms with Crippen LogP contribution in [0.3, 0.4) is 0 Å². The molecule has 2 aromatic heterocycles. The molecular weight excluding hydrogens is 623 g/mol. The van der Waals surface area contributed by atoms with Crippen LogP contribution in [0.5, 0.6) is 0 Å². The van der Waals surface area contributed by atoms with Crippen LogP contribution in [-0.2, 0) is 35.8 Å². The van der Waals surface area contributed by atoms with Crippen molar-refractivity contribution in [3.8, 4) is 0 Å². The van der Waals surface area contributed by atoms with Crippen LogP contribution >= 0.6 is 0 Å². The van der Waals surface area contributed by atoms with Crippen LogP contribution in [0.15, 0.2) is 95.7 Å². The highest BCUT2D eigenvalue weighted by Crippen LogP contribution is 2.13. The Bertz CT molecular complexity index is 1660. The molecule has 0 fully saturated rings. The largest absolute Gasteiger partial charge is 1.00 e. The van der Waals surface area contributed by atoms with Crippen LogP contribution in [0.25, 0.3) is 22.1 Å². The van der Waals surface area contributed by atoms with Gasteiger partial charge >= 0.3 is 0 Å². The second-order valence-electron chi connectivity index (χ2n) is 10.8. The fourth-order valence-corrected chi connectivity index (χ4v) is 5.16. The Morgan fingerprint density at radius 2 is 1.04 bits per heavy atom. The highest BCUT2D eigenvalue weighted by Gasteiger charge is 2.18. The molecule has 2 N–H and O–H groups in total. The van der Waals surface area contributed by atoms with Crippen LogP contribution in [0.2, 0.25) is 0 Å². The lowest BCUT2D eigenvalue weighted by atomic mass is 10.2. The minimum atomic E-state index is -0.201. The smallest absolute Gasteiger partial charge is 0.282 e. The van der Waals surface area contributed by atoms with Gasteiger partial charge in [0.25, 0.3) is 11.8 Å². The first-order valence-electron chi connectivity index (χ1n) is 15.2. The molecule has 3 aromatic carbocycles. The number of hydrogen-bond donors (Lipinski definition) is 2. The monoisotopic (exact) mass is 662 g/mol. The number of para-hydroxylation sites is 4. The van der Waals surface area contributed by atoms with Gasteiger partial charge in [-0.3, -0.25) is 9.59 Å². The molecule has 0 unspecified atom stereocenters. The molecule has 10 nitrogen and oxygen atoms in total. The van der Waals surface area contributed by atoms with Crippen LogP contribution in [0.4, 0.5) is 0 Å². The summed E-state index contributed by atoms with van der Waals surface area (Å²) in [5, 5.41) is 8.26. The Kier molecular flexibility index (Phi) is 13.9. The number of nitrogens with zero attached hydrogens (tertiary/aromatic N) is 6. The van der Waals surface area contributed by atoms with E-state index in [0.717, 1.165) is 72.0 Å². The summed E-state index contributed by atoms with van der Waals surface area (Å²) >= 11 is 0. The van der Waals surface area contributed by atoms with E-state index in [1.807, 2.05) is 82.5 Å². The summed E-state index contributed by atoms with van der Waals surface area (Å²) in [6.07, 6.45) is 11.6. The van der Waals surface area contributed by atoms with Crippen LogP contribution in [-0.4, -0.2) is 33.4 Å². The first-order valence-corrected chi connectivity index (χ1v) is 15.2. The molecule has 2 heterocycles. The Hall–Kier alpha value is -4.54. The average molecular weight is 664 g/mol. The van der Waals surface area contributed by atoms with Crippen molar-refractivity contribution in [2.75, 3.05) is 0 Å². The SMILES string of the molecule is CCCCn1c[n+](CC(=O)NN=Cc2ccc(C=NNC(=O)C[n+]3cn(CCCC)c4ccccc43)cc2)c2ccccc21.[Cl-].[Cl-]. The van der Waals surface area contributed by atoms with Gasteiger partial charge in [0.1, 0.15) is 0 Å². The number of carbonyl (C=O) groups excluding carboxylic acids is 2. The fraction of sp³-hybridized carbons (Fsp3) is 0.294. The maximum absolute atomic E-state index is 12.6. The van der Waals surface area contributed by atoms with E-state index in [4.69, 9.17) is 0 Å². The normalized spacial score (nSPS) is 11.2. The third kappa shape index (κ3) is 9.24. The van der Waals surface area contributed by atoms with Crippen molar-refractivity contribution in [3.05, 3.63) is 96.6 Å². The lowest BCUT2D eigenvalue weighted by molar-refractivity contribution is -0.659. The van der Waals surface area contributed by atoms with Gasteiger partial charge in [-0.15, -0.1) is 0 Å². The van der Waals surface area contributed by atoms with Gasteiger partial charge in [-0.05, 0) is 48.2 Å². The number of benzene rings is 3. The number of amides is 2. The summed E-state index contributed by atoms with van der Waals surface area (Å²) in [7, 11) is 0. The fourth-order valence-electron chi connectivity index (χ4n) is 5.16. The van der Waals surface area contributed by atoms with E-state index in [0.29, 0.717) is 0 Å². The number of fused-ring (bicyclic) bond motifs is 2. The summed E-state index contributed by atoms with van der Waals surface area (Å²) < 4.78 is 8.29. The highest BCUT2D eigenvalue weighted by atomic mass is 35.5. The van der Waals surface area contributed by atoms with Gasteiger partial charge in [0.15, 0.2) is 35.2 Å². The molecule has 242 valence electrons. The quantitative estimate of drug-likeness (QED) is 0.0824. The van der Waals surface area contributed by atoms with Gasteiger partial charge in [-0.1, -0.05) is 75.2 Å². The summed E-state index contributed by atoms with van der Waals surface area (Å²) in [6.45, 7) is 6.53. The molecular formula is C34H40Cl2N8O2. The molecule has 46 heavy (non-hydrogen) atoms. The summed E-state index contributed by atoms with van der Waals surface area (Å²) in [5.74, 6) is -0.402. The lowest BCUT2D eigenvalue weighted by Crippen LogP contribution is -3.00. The molecule has 0 saturated heterocycles. The summed E-state index contributed by atoms with van der Waals surface area (Å²) in [6, 6.07) is 23.7. The predicted molar refractivity (Wildman–Crippen MR) is 172 cm³/mol. The molecule has 0 spiro atoms. The molecule has 0 saturated carbocycles. The van der Waals surface area contributed by atoms with Crippen molar-refractivity contribution in [2.45, 2.75) is 65.7 Å². The molecule has 12 heteroatoms. The molecule has 5 aromatic rings. The highest BCUT2D eigenvalue weighted by molar-refractivity contribution is 5.86. The van der Waals surface area contributed by atoms with Crippen molar-refractivity contribution in [1.29, 1.82) is 0 Å². The Balaban J connectivity index is 0.00000288. The van der Waals surface area contributed by atoms with Crippen molar-refractivity contribution in [3.63, 3.8) is 0 Å². The van der Waals surface area contributed by atoms with Gasteiger partial charge in [0.05, 0.1) is 25.5 Å². The van der Waals surface area contributed by atoms with Crippen molar-refractivity contribution >= 4 is 46.3 Å². The van der Waals surface area contributed by atoms with E-state index in [1.54, 1.807) is 12.4 Å². The minimum Gasteiger partial charge on any atom is -1.00 e. The first-order chi connectivity index (χ1) is 21.6. The molecule has 2 amide bonds. The number of hydrazone groups is 2. The molecule has 0 aliphatic rings. The number of aromatic nitrogens is 4. The zero-order valence-corrected chi connectivity index (χ0v) is 27.7. The number of aryl methyl sites for hydroxylation is 2. The molecule has 0 aliphatic carbocycles. The number of carbonyl (C=O) groups is 2. The van der Waals surface area contributed by atoms with Crippen molar-refractivity contribution in [1.82, 2.24) is 20.0 Å². The van der Waals surface area contributed by atoms with Gasteiger partial charge in [0.2, 0.25) is 12.7 Å². The summed E-state index contributed by atoms with van der Waals surface area (Å²) in [4.78, 5) is 25.2. The standard InChI is InChI=1S/C34H38N8O2.2ClH/c1-3-5-19-39-25-41(31-13-9-7-11-29(31)39)23-33(43)37-35-21-27-15-17-28(18-16-27)22-36-38-34(44)24-42-26-40(20-6-4-2)30-12-8-10-14-32(30)42;;/h7-18,21-22,25-26H,3-6,19-20,23-24H2,1-2H3;2*1H. The van der Waals surface area contributed by atoms with Crippen molar-refractivity contribution < 1.29 is 43.5 Å². The van der Waals surface area contributed by atoms with Crippen LogP contribution < -0.4 is 44.8 Å². The van der Waals surface area contributed by atoms with E-state index in [2.05, 4.69) is 56.2 Å². The molecule has 0 aliphatic heterocycles. The number of halogens is 2. The predicted octanol–water partition coefficient (Wildman–Crippen LogP) is -1.92. The Labute approximate surface area is 281 Å². The second kappa shape index (κ2) is 17.8. The number of hydrogen-bond acceptors (Lipinski definition) is 4. The van der Waals surface area contributed by atoms with Crippen LogP contribution in [0, 0.1) is 0 Å². The molecule has 0 bridgehead atoms. The van der Waals surface area contributed by atoms with Gasteiger partial charge in [-0.2, -0.15) is 10.2 Å². The summed E-state index contributed by atoms with van der Waals surface area (Å²) in [5.41, 5.74) is 11.2. The third-order valence-electron chi connectivity index (χ3n) is 7.43. The van der Waals surface area contributed by atoms with E-state index >= 15 is 0 Å². The third-order valence-corrected chi connectivity index (χ3v) is 7.43. The minimum absolute atomic E-state index is 0. The molecule has 0 atom stereocenters. The molecule has 5 rings (SSSR count). The zero-order valence-electron chi connectivity index (χ0n) is 26.2. The topological polar surface area (TPSA) is 101 Å². The van der Waals surface area contributed by atoms with Crippen molar-refractivity contribution in [2.24, 2.45) is 10.2 Å². The maximum atomic E-state index is 12.6. The average Bonchev–Trinajstić information content (AvgIpc) is 3.57. The van der Waals surface area contributed by atoms with Gasteiger partial charge in [0, 0.05) is 0 Å². The number of nitrogens with one attached hydrogen (secondary N) is 2. The van der Waals surface area contributed by atoms with E-state index < -0.39 is 0 Å². The second-order valence-corrected chi connectivity index (χ2v) is 10.8. The number of unbranched alkanes of at least 4 members (excludes halogenated alkanes) is 2. The lowest BCUT2D eigenvalue weighted by Gasteiger charge is -1.99. The maximum Gasteiger partial charge on any atom is 0.282 e. The van der Waals surface area contributed by atoms with Gasteiger partial charge in [-0.25, -0.2) is 29.1 Å². The van der Waals surface area contributed by atoms with E-state index in [-0.39, 0.29) is 49.7 Å². The van der Waals surface area contributed by atoms with E-state index in [1.165, 1.54) is 0 Å². The zero-order chi connectivity index (χ0) is 30.7. The van der Waals surface area contributed by atoms with Gasteiger partial charge < -0.3 is 24.8 Å².